The van der Waals surface area contributed by atoms with Gasteiger partial charge in [-0.3, -0.25) is 4.79 Å². The average molecular weight is 243 g/mol. The summed E-state index contributed by atoms with van der Waals surface area (Å²) in [7, 11) is 0. The van der Waals surface area contributed by atoms with Crippen LogP contribution in [0.1, 0.15) is 24.4 Å². The summed E-state index contributed by atoms with van der Waals surface area (Å²) in [6.07, 6.45) is 0. The fraction of sp³-hybridized carbons (Fsp3) is 0.545. The third-order valence-electron chi connectivity index (χ3n) is 2.63. The number of furan rings is 1. The summed E-state index contributed by atoms with van der Waals surface area (Å²) in [5, 5.41) is 3.62. The van der Waals surface area contributed by atoms with Gasteiger partial charge < -0.3 is 14.6 Å². The van der Waals surface area contributed by atoms with E-state index in [4.69, 9.17) is 16.0 Å². The van der Waals surface area contributed by atoms with Crippen LogP contribution in [0.4, 0.5) is 0 Å². The van der Waals surface area contributed by atoms with Gasteiger partial charge in [-0.15, -0.1) is 0 Å². The summed E-state index contributed by atoms with van der Waals surface area (Å²) in [5.74, 6) is 0.221. The predicted molar refractivity (Wildman–Crippen MR) is 61.7 cm³/mol. The molecule has 0 aliphatic carbocycles. The first-order chi connectivity index (χ1) is 7.56. The number of hydrogen-bond donors (Lipinski definition) is 1. The average Bonchev–Trinajstić information content (AvgIpc) is 2.62. The highest BCUT2D eigenvalue weighted by Gasteiger charge is 2.27. The van der Waals surface area contributed by atoms with Crippen molar-refractivity contribution in [2.24, 2.45) is 0 Å². The molecule has 1 aromatic heterocycles. The number of nitrogens with one attached hydrogen (secondary N) is 1. The maximum atomic E-state index is 12.0. The van der Waals surface area contributed by atoms with E-state index in [1.807, 2.05) is 0 Å². The topological polar surface area (TPSA) is 45.5 Å². The fourth-order valence-electron chi connectivity index (χ4n) is 2.08. The molecule has 1 amide bonds. The van der Waals surface area contributed by atoms with E-state index in [0.717, 1.165) is 0 Å². The van der Waals surface area contributed by atoms with E-state index in [2.05, 4.69) is 19.2 Å². The van der Waals surface area contributed by atoms with Crippen molar-refractivity contribution in [3.63, 3.8) is 0 Å². The zero-order valence-corrected chi connectivity index (χ0v) is 10.1. The molecule has 2 heterocycles. The molecule has 0 radical (unpaired) electrons. The number of amides is 1. The molecular formula is C11H15ClN2O2. The van der Waals surface area contributed by atoms with Crippen molar-refractivity contribution in [1.29, 1.82) is 0 Å². The second-order valence-corrected chi connectivity index (χ2v) is 4.66. The Morgan fingerprint density at radius 3 is 2.56 bits per heavy atom. The molecular weight excluding hydrogens is 228 g/mol. The second-order valence-electron chi connectivity index (χ2n) is 4.28. The lowest BCUT2D eigenvalue weighted by Crippen LogP contribution is -2.55. The molecule has 1 saturated heterocycles. The van der Waals surface area contributed by atoms with Gasteiger partial charge in [0.2, 0.25) is 0 Å². The molecule has 1 N–H and O–H groups in total. The quantitative estimate of drug-likeness (QED) is 0.816. The Morgan fingerprint density at radius 1 is 1.44 bits per heavy atom. The van der Waals surface area contributed by atoms with E-state index in [-0.39, 0.29) is 11.1 Å². The van der Waals surface area contributed by atoms with E-state index < -0.39 is 0 Å². The number of piperazine rings is 1. The van der Waals surface area contributed by atoms with Crippen LogP contribution in [0.3, 0.4) is 0 Å². The van der Waals surface area contributed by atoms with E-state index in [1.165, 1.54) is 0 Å². The molecule has 1 aliphatic heterocycles. The molecule has 0 spiro atoms. The standard InChI is InChI=1S/C11H15ClN2O2/c1-7-5-14(6-8(2)13-7)11(15)9-3-4-10(12)16-9/h3-4,7-8,13H,5-6H2,1-2H3. The van der Waals surface area contributed by atoms with Gasteiger partial charge in [-0.2, -0.15) is 0 Å². The van der Waals surface area contributed by atoms with Gasteiger partial charge in [0, 0.05) is 25.2 Å². The molecule has 0 saturated carbocycles. The molecule has 0 aromatic carbocycles. The highest BCUT2D eigenvalue weighted by Crippen LogP contribution is 2.16. The van der Waals surface area contributed by atoms with E-state index in [9.17, 15) is 4.79 Å². The number of nitrogens with zero attached hydrogens (tertiary/aromatic N) is 1. The first-order valence-electron chi connectivity index (χ1n) is 5.37. The second kappa shape index (κ2) is 4.47. The Hall–Kier alpha value is -1.00. The van der Waals surface area contributed by atoms with Crippen molar-refractivity contribution in [3.05, 3.63) is 23.1 Å². The Bertz CT molecular complexity index is 381. The molecule has 1 aromatic rings. The van der Waals surface area contributed by atoms with Crippen molar-refractivity contribution in [1.82, 2.24) is 10.2 Å². The van der Waals surface area contributed by atoms with Gasteiger partial charge in [0.25, 0.3) is 5.91 Å². The molecule has 0 bridgehead atoms. The summed E-state index contributed by atoms with van der Waals surface area (Å²) in [6.45, 7) is 5.51. The van der Waals surface area contributed by atoms with Gasteiger partial charge in [0.1, 0.15) is 0 Å². The van der Waals surface area contributed by atoms with Gasteiger partial charge in [-0.1, -0.05) is 0 Å². The van der Waals surface area contributed by atoms with Crippen LogP contribution in [0, 0.1) is 0 Å². The molecule has 1 aliphatic rings. The zero-order chi connectivity index (χ0) is 11.7. The first kappa shape index (κ1) is 11.5. The summed E-state index contributed by atoms with van der Waals surface area (Å²) in [4.78, 5) is 13.8. The van der Waals surface area contributed by atoms with Crippen molar-refractivity contribution in [2.45, 2.75) is 25.9 Å². The molecule has 2 atom stereocenters. The Kier molecular flexibility index (Phi) is 3.21. The maximum absolute atomic E-state index is 12.0. The van der Waals surface area contributed by atoms with Crippen molar-refractivity contribution in [2.75, 3.05) is 13.1 Å². The fourth-order valence-corrected chi connectivity index (χ4v) is 2.22. The third-order valence-corrected chi connectivity index (χ3v) is 2.83. The molecule has 1 fully saturated rings. The van der Waals surface area contributed by atoms with E-state index in [1.54, 1.807) is 17.0 Å². The van der Waals surface area contributed by atoms with Crippen LogP contribution in [0.5, 0.6) is 0 Å². The molecule has 5 heteroatoms. The predicted octanol–water partition coefficient (Wildman–Crippen LogP) is 1.76. The summed E-state index contributed by atoms with van der Waals surface area (Å²) < 4.78 is 5.12. The van der Waals surface area contributed by atoms with Crippen molar-refractivity contribution < 1.29 is 9.21 Å². The SMILES string of the molecule is CC1CN(C(=O)c2ccc(Cl)o2)CC(C)N1. The molecule has 88 valence electrons. The van der Waals surface area contributed by atoms with Crippen LogP contribution >= 0.6 is 11.6 Å². The normalized spacial score (nSPS) is 25.8. The summed E-state index contributed by atoms with van der Waals surface area (Å²) in [5.41, 5.74) is 0. The largest absolute Gasteiger partial charge is 0.440 e. The number of hydrogen-bond acceptors (Lipinski definition) is 3. The molecule has 2 unspecified atom stereocenters. The summed E-state index contributed by atoms with van der Waals surface area (Å²) >= 11 is 5.65. The van der Waals surface area contributed by atoms with Gasteiger partial charge in [-0.05, 0) is 37.6 Å². The number of rotatable bonds is 1. The zero-order valence-electron chi connectivity index (χ0n) is 9.37. The van der Waals surface area contributed by atoms with Gasteiger partial charge in [-0.25, -0.2) is 0 Å². The molecule has 2 rings (SSSR count). The van der Waals surface area contributed by atoms with Crippen LogP contribution < -0.4 is 5.32 Å². The highest BCUT2D eigenvalue weighted by atomic mass is 35.5. The van der Waals surface area contributed by atoms with E-state index >= 15 is 0 Å². The summed E-state index contributed by atoms with van der Waals surface area (Å²) in [6, 6.07) is 3.81. The molecule has 16 heavy (non-hydrogen) atoms. The van der Waals surface area contributed by atoms with Crippen molar-refractivity contribution >= 4 is 17.5 Å². The monoisotopic (exact) mass is 242 g/mol. The first-order valence-corrected chi connectivity index (χ1v) is 5.74. The Balaban J connectivity index is 2.09. The Morgan fingerprint density at radius 2 is 2.06 bits per heavy atom. The van der Waals surface area contributed by atoms with Crippen LogP contribution in [0.15, 0.2) is 16.5 Å². The van der Waals surface area contributed by atoms with Crippen LogP contribution in [0.25, 0.3) is 0 Å². The lowest BCUT2D eigenvalue weighted by Gasteiger charge is -2.35. The minimum Gasteiger partial charge on any atom is -0.440 e. The third kappa shape index (κ3) is 2.39. The van der Waals surface area contributed by atoms with Crippen molar-refractivity contribution in [3.8, 4) is 0 Å². The van der Waals surface area contributed by atoms with E-state index in [0.29, 0.717) is 30.9 Å². The minimum absolute atomic E-state index is 0.0906. The van der Waals surface area contributed by atoms with Gasteiger partial charge in [0.15, 0.2) is 11.0 Å². The Labute approximate surface area is 99.5 Å². The van der Waals surface area contributed by atoms with Crippen LogP contribution in [-0.2, 0) is 0 Å². The smallest absolute Gasteiger partial charge is 0.289 e. The maximum Gasteiger partial charge on any atom is 0.289 e. The van der Waals surface area contributed by atoms with Gasteiger partial charge >= 0.3 is 0 Å². The van der Waals surface area contributed by atoms with Gasteiger partial charge in [0.05, 0.1) is 0 Å². The lowest BCUT2D eigenvalue weighted by molar-refractivity contribution is 0.0642. The van der Waals surface area contributed by atoms with Crippen LogP contribution in [-0.4, -0.2) is 36.0 Å². The lowest BCUT2D eigenvalue weighted by atomic mass is 10.1. The highest BCUT2D eigenvalue weighted by molar-refractivity contribution is 6.29. The number of carbonyl (C=O) groups is 1. The number of carbonyl (C=O) groups excluding carboxylic acids is 1. The van der Waals surface area contributed by atoms with Crippen LogP contribution in [0.2, 0.25) is 5.22 Å². The number of halogens is 1. The minimum atomic E-state index is -0.0906. The molecule has 4 nitrogen and oxygen atoms in total.